The van der Waals surface area contributed by atoms with Crippen molar-refractivity contribution in [3.63, 3.8) is 0 Å². The molecule has 0 unspecified atom stereocenters. The minimum absolute atomic E-state index is 0.775. The van der Waals surface area contributed by atoms with Gasteiger partial charge in [-0.05, 0) is 30.7 Å². The number of hydrogen-bond donors (Lipinski definition) is 2. The fourth-order valence-electron chi connectivity index (χ4n) is 1.31. The van der Waals surface area contributed by atoms with Crippen LogP contribution in [0.15, 0.2) is 18.2 Å². The summed E-state index contributed by atoms with van der Waals surface area (Å²) in [6, 6.07) is 5.99. The Morgan fingerprint density at radius 2 is 2.27 bits per heavy atom. The van der Waals surface area contributed by atoms with Crippen molar-refractivity contribution in [2.24, 2.45) is 0 Å². The highest BCUT2D eigenvalue weighted by Gasteiger charge is 1.95. The summed E-state index contributed by atoms with van der Waals surface area (Å²) in [4.78, 5) is 0. The van der Waals surface area contributed by atoms with E-state index in [1.165, 1.54) is 5.56 Å². The first-order chi connectivity index (χ1) is 7.22. The molecule has 0 aliphatic rings. The second kappa shape index (κ2) is 6.26. The van der Waals surface area contributed by atoms with Crippen molar-refractivity contribution in [3.05, 3.63) is 23.8 Å². The highest BCUT2D eigenvalue weighted by Crippen LogP contribution is 2.15. The maximum atomic E-state index is 5.74. The lowest BCUT2D eigenvalue weighted by molar-refractivity contribution is 1.22. The van der Waals surface area contributed by atoms with Gasteiger partial charge in [0.15, 0.2) is 0 Å². The van der Waals surface area contributed by atoms with Gasteiger partial charge in [-0.15, -0.1) is 18.2 Å². The summed E-state index contributed by atoms with van der Waals surface area (Å²) in [7, 11) is 0. The lowest BCUT2D eigenvalue weighted by Crippen LogP contribution is -2.05. The van der Waals surface area contributed by atoms with Crippen LogP contribution in [0.2, 0.25) is 0 Å². The molecule has 0 aliphatic carbocycles. The average Bonchev–Trinajstić information content (AvgIpc) is 2.16. The van der Waals surface area contributed by atoms with Gasteiger partial charge >= 0.3 is 0 Å². The van der Waals surface area contributed by atoms with Crippen LogP contribution in [-0.2, 0) is 0 Å². The third-order valence-corrected chi connectivity index (χ3v) is 2.72. The molecule has 0 aliphatic heterocycles. The first-order valence-corrected chi connectivity index (χ1v) is 6.00. The molecule has 15 heavy (non-hydrogen) atoms. The highest BCUT2D eigenvalue weighted by molar-refractivity contribution is 7.99. The Hall–Kier alpha value is -1.27. The zero-order valence-electron chi connectivity index (χ0n) is 8.92. The molecule has 1 aromatic carbocycles. The first-order valence-electron chi connectivity index (χ1n) is 4.84. The van der Waals surface area contributed by atoms with E-state index in [4.69, 9.17) is 12.2 Å². The molecule has 0 spiro atoms. The molecular weight excluding hydrogens is 204 g/mol. The van der Waals surface area contributed by atoms with Gasteiger partial charge in [-0.1, -0.05) is 5.92 Å². The second-order valence-corrected chi connectivity index (χ2v) is 4.42. The smallest absolute Gasteiger partial charge is 0.0545 e. The number of nitrogens with one attached hydrogen (secondary N) is 1. The first kappa shape index (κ1) is 11.8. The molecule has 1 rings (SSSR count). The van der Waals surface area contributed by atoms with Gasteiger partial charge in [-0.2, -0.15) is 0 Å². The molecule has 0 bridgehead atoms. The number of aryl methyl sites for hydroxylation is 1. The summed E-state index contributed by atoms with van der Waals surface area (Å²) < 4.78 is 0. The number of nitrogens with two attached hydrogens (primary N) is 1. The zero-order valence-corrected chi connectivity index (χ0v) is 9.73. The molecule has 0 fully saturated rings. The molecule has 80 valence electrons. The van der Waals surface area contributed by atoms with Gasteiger partial charge in [0, 0.05) is 23.7 Å². The van der Waals surface area contributed by atoms with Crippen molar-refractivity contribution in [2.75, 3.05) is 29.1 Å². The molecule has 0 aromatic heterocycles. The summed E-state index contributed by atoms with van der Waals surface area (Å²) >= 11 is 1.75. The van der Waals surface area contributed by atoms with Crippen LogP contribution in [0.3, 0.4) is 0 Å². The molecule has 0 radical (unpaired) electrons. The Morgan fingerprint density at radius 3 is 2.93 bits per heavy atom. The molecule has 0 atom stereocenters. The summed E-state index contributed by atoms with van der Waals surface area (Å²) in [5.41, 5.74) is 8.79. The number of anilines is 2. The summed E-state index contributed by atoms with van der Waals surface area (Å²) in [5, 5.41) is 3.32. The highest BCUT2D eigenvalue weighted by atomic mass is 32.2. The molecule has 0 saturated carbocycles. The standard InChI is InChI=1S/C12H16N2S/c1-3-5-15-6-4-14-12-8-10(2)7-11(13)9-12/h1,7-9,14H,4-6,13H2,2H3. The topological polar surface area (TPSA) is 38.0 Å². The number of hydrogen-bond acceptors (Lipinski definition) is 3. The van der Waals surface area contributed by atoms with Crippen LogP contribution >= 0.6 is 11.8 Å². The predicted octanol–water partition coefficient (Wildman–Crippen LogP) is 2.36. The Labute approximate surface area is 95.6 Å². The van der Waals surface area contributed by atoms with E-state index in [0.29, 0.717) is 0 Å². The van der Waals surface area contributed by atoms with Gasteiger partial charge in [0.25, 0.3) is 0 Å². The van der Waals surface area contributed by atoms with E-state index in [9.17, 15) is 0 Å². The Balaban J connectivity index is 2.34. The van der Waals surface area contributed by atoms with E-state index < -0.39 is 0 Å². The third-order valence-electron chi connectivity index (χ3n) is 1.86. The van der Waals surface area contributed by atoms with Gasteiger partial charge in [-0.25, -0.2) is 0 Å². The molecule has 0 saturated heterocycles. The fourth-order valence-corrected chi connectivity index (χ4v) is 1.82. The Morgan fingerprint density at radius 1 is 1.47 bits per heavy atom. The largest absolute Gasteiger partial charge is 0.399 e. The molecule has 3 N–H and O–H groups in total. The normalized spacial score (nSPS) is 9.60. The van der Waals surface area contributed by atoms with Gasteiger partial charge in [0.05, 0.1) is 5.75 Å². The SMILES string of the molecule is C#CCSCCNc1cc(C)cc(N)c1. The monoisotopic (exact) mass is 220 g/mol. The number of nitrogen functional groups attached to an aromatic ring is 1. The van der Waals surface area contributed by atoms with Gasteiger partial charge in [-0.3, -0.25) is 0 Å². The van der Waals surface area contributed by atoms with Crippen molar-refractivity contribution in [3.8, 4) is 12.3 Å². The quantitative estimate of drug-likeness (QED) is 0.454. The number of terminal acetylenes is 1. The maximum Gasteiger partial charge on any atom is 0.0545 e. The van der Waals surface area contributed by atoms with Crippen LogP contribution in [-0.4, -0.2) is 18.1 Å². The van der Waals surface area contributed by atoms with E-state index in [-0.39, 0.29) is 0 Å². The molecule has 3 heteroatoms. The number of thioether (sulfide) groups is 1. The Kier molecular flexibility index (Phi) is 4.92. The van der Waals surface area contributed by atoms with Crippen LogP contribution in [0.4, 0.5) is 11.4 Å². The predicted molar refractivity (Wildman–Crippen MR) is 70.2 cm³/mol. The molecule has 1 aromatic rings. The minimum atomic E-state index is 0.775. The zero-order chi connectivity index (χ0) is 11.1. The van der Waals surface area contributed by atoms with Crippen LogP contribution < -0.4 is 11.1 Å². The molecule has 0 amide bonds. The van der Waals surface area contributed by atoms with Crippen molar-refractivity contribution in [2.45, 2.75) is 6.92 Å². The van der Waals surface area contributed by atoms with E-state index in [1.54, 1.807) is 11.8 Å². The van der Waals surface area contributed by atoms with Crippen molar-refractivity contribution in [1.29, 1.82) is 0 Å². The molecular formula is C12H16N2S. The lowest BCUT2D eigenvalue weighted by Gasteiger charge is -2.07. The fraction of sp³-hybridized carbons (Fsp3) is 0.333. The third kappa shape index (κ3) is 4.66. The Bertz CT molecular complexity index is 335. The molecule has 2 nitrogen and oxygen atoms in total. The van der Waals surface area contributed by atoms with Crippen molar-refractivity contribution in [1.82, 2.24) is 0 Å². The van der Waals surface area contributed by atoms with Crippen LogP contribution in [0, 0.1) is 19.3 Å². The average molecular weight is 220 g/mol. The van der Waals surface area contributed by atoms with E-state index >= 15 is 0 Å². The summed E-state index contributed by atoms with van der Waals surface area (Å²) in [6.45, 7) is 2.95. The lowest BCUT2D eigenvalue weighted by atomic mass is 10.2. The van der Waals surface area contributed by atoms with Crippen LogP contribution in [0.25, 0.3) is 0 Å². The van der Waals surface area contributed by atoms with Crippen LogP contribution in [0.5, 0.6) is 0 Å². The van der Waals surface area contributed by atoms with Gasteiger partial charge < -0.3 is 11.1 Å². The summed E-state index contributed by atoms with van der Waals surface area (Å²) in [6.07, 6.45) is 5.15. The molecule has 0 heterocycles. The van der Waals surface area contributed by atoms with Crippen molar-refractivity contribution >= 4 is 23.1 Å². The van der Waals surface area contributed by atoms with Gasteiger partial charge in [0.2, 0.25) is 0 Å². The van der Waals surface area contributed by atoms with E-state index in [1.807, 2.05) is 19.1 Å². The van der Waals surface area contributed by atoms with Crippen molar-refractivity contribution < 1.29 is 0 Å². The maximum absolute atomic E-state index is 5.74. The summed E-state index contributed by atoms with van der Waals surface area (Å²) in [5.74, 6) is 4.39. The minimum Gasteiger partial charge on any atom is -0.399 e. The van der Waals surface area contributed by atoms with Gasteiger partial charge in [0.1, 0.15) is 0 Å². The second-order valence-electron chi connectivity index (χ2n) is 3.32. The van der Waals surface area contributed by atoms with Crippen LogP contribution in [0.1, 0.15) is 5.56 Å². The number of benzene rings is 1. The van der Waals surface area contributed by atoms with E-state index in [0.717, 1.165) is 29.4 Å². The van der Waals surface area contributed by atoms with E-state index in [2.05, 4.69) is 17.3 Å². The number of rotatable bonds is 5.